The third kappa shape index (κ3) is 3.03. The van der Waals surface area contributed by atoms with E-state index >= 15 is 0 Å². The molecule has 0 unspecified atom stereocenters. The van der Waals surface area contributed by atoms with E-state index in [-0.39, 0.29) is 5.82 Å². The molecule has 1 heterocycles. The molecule has 17 heavy (non-hydrogen) atoms. The molecule has 0 aliphatic carbocycles. The van der Waals surface area contributed by atoms with Crippen LogP contribution in [-0.4, -0.2) is 4.98 Å². The first kappa shape index (κ1) is 11.6. The lowest BCUT2D eigenvalue weighted by atomic mass is 10.1. The van der Waals surface area contributed by atoms with Crippen LogP contribution in [0, 0.1) is 5.82 Å². The highest BCUT2D eigenvalue weighted by Crippen LogP contribution is 2.22. The lowest BCUT2D eigenvalue weighted by Gasteiger charge is -2.08. The second-order valence-electron chi connectivity index (χ2n) is 4.11. The monoisotopic (exact) mass is 231 g/mol. The molecular formula is C14H14FNO. The van der Waals surface area contributed by atoms with E-state index in [1.165, 1.54) is 12.1 Å². The second kappa shape index (κ2) is 4.95. The third-order valence-corrected chi connectivity index (χ3v) is 2.36. The predicted molar refractivity (Wildman–Crippen MR) is 64.8 cm³/mol. The summed E-state index contributed by atoms with van der Waals surface area (Å²) in [5, 5.41) is 0. The van der Waals surface area contributed by atoms with E-state index in [4.69, 9.17) is 4.74 Å². The van der Waals surface area contributed by atoms with E-state index in [1.807, 2.05) is 12.1 Å². The Kier molecular flexibility index (Phi) is 3.38. The molecule has 0 aliphatic heterocycles. The molecule has 0 amide bonds. The van der Waals surface area contributed by atoms with Crippen LogP contribution >= 0.6 is 0 Å². The molecule has 0 aliphatic rings. The molecule has 1 aromatic carbocycles. The zero-order chi connectivity index (χ0) is 12.3. The molecular weight excluding hydrogens is 217 g/mol. The first-order chi connectivity index (χ1) is 8.15. The zero-order valence-electron chi connectivity index (χ0n) is 9.85. The van der Waals surface area contributed by atoms with Crippen molar-refractivity contribution in [3.05, 3.63) is 54.0 Å². The quantitative estimate of drug-likeness (QED) is 0.792. The summed E-state index contributed by atoms with van der Waals surface area (Å²) in [6.45, 7) is 4.13. The summed E-state index contributed by atoms with van der Waals surface area (Å²) in [6.07, 6.45) is 0. The van der Waals surface area contributed by atoms with Crippen molar-refractivity contribution >= 4 is 0 Å². The fourth-order valence-electron chi connectivity index (χ4n) is 1.46. The van der Waals surface area contributed by atoms with Gasteiger partial charge in [-0.05, 0) is 24.1 Å². The highest BCUT2D eigenvalue weighted by Gasteiger charge is 2.04. The highest BCUT2D eigenvalue weighted by molar-refractivity contribution is 5.28. The predicted octanol–water partition coefficient (Wildman–Crippen LogP) is 4.14. The Balaban J connectivity index is 2.21. The van der Waals surface area contributed by atoms with Crippen LogP contribution in [0.25, 0.3) is 0 Å². The third-order valence-electron chi connectivity index (χ3n) is 2.36. The normalized spacial score (nSPS) is 10.6. The molecule has 2 rings (SSSR count). The van der Waals surface area contributed by atoms with Crippen LogP contribution in [0.15, 0.2) is 42.5 Å². The summed E-state index contributed by atoms with van der Waals surface area (Å²) in [5.41, 5.74) is 0.957. The van der Waals surface area contributed by atoms with Gasteiger partial charge in [0.05, 0.1) is 0 Å². The molecule has 3 heteroatoms. The SMILES string of the molecule is CC(C)c1cccc(Oc2cccc(F)c2)n1. The van der Waals surface area contributed by atoms with Gasteiger partial charge >= 0.3 is 0 Å². The molecule has 2 aromatic rings. The Morgan fingerprint density at radius 1 is 1.12 bits per heavy atom. The van der Waals surface area contributed by atoms with E-state index in [9.17, 15) is 4.39 Å². The van der Waals surface area contributed by atoms with E-state index < -0.39 is 0 Å². The number of rotatable bonds is 3. The molecule has 88 valence electrons. The lowest BCUT2D eigenvalue weighted by molar-refractivity contribution is 0.455. The van der Waals surface area contributed by atoms with E-state index in [0.29, 0.717) is 17.5 Å². The van der Waals surface area contributed by atoms with Gasteiger partial charge in [0.25, 0.3) is 0 Å². The average Bonchev–Trinajstić information content (AvgIpc) is 2.29. The van der Waals surface area contributed by atoms with Gasteiger partial charge in [0.2, 0.25) is 5.88 Å². The maximum absolute atomic E-state index is 13.0. The Hall–Kier alpha value is -1.90. The highest BCUT2D eigenvalue weighted by atomic mass is 19.1. The van der Waals surface area contributed by atoms with Crippen LogP contribution in [-0.2, 0) is 0 Å². The van der Waals surface area contributed by atoms with E-state index in [1.54, 1.807) is 18.2 Å². The number of hydrogen-bond donors (Lipinski definition) is 0. The van der Waals surface area contributed by atoms with Crippen molar-refractivity contribution in [3.8, 4) is 11.6 Å². The zero-order valence-corrected chi connectivity index (χ0v) is 9.85. The van der Waals surface area contributed by atoms with Gasteiger partial charge in [-0.25, -0.2) is 9.37 Å². The van der Waals surface area contributed by atoms with Gasteiger partial charge < -0.3 is 4.74 Å². The molecule has 0 bridgehead atoms. The number of halogens is 1. The summed E-state index contributed by atoms with van der Waals surface area (Å²) in [4.78, 5) is 4.35. The maximum atomic E-state index is 13.0. The van der Waals surface area contributed by atoms with Crippen LogP contribution in [0.4, 0.5) is 4.39 Å². The first-order valence-electron chi connectivity index (χ1n) is 5.55. The minimum absolute atomic E-state index is 0.317. The average molecular weight is 231 g/mol. The largest absolute Gasteiger partial charge is 0.439 e. The number of ether oxygens (including phenoxy) is 1. The summed E-state index contributed by atoms with van der Waals surface area (Å²) in [5.74, 6) is 0.966. The smallest absolute Gasteiger partial charge is 0.219 e. The summed E-state index contributed by atoms with van der Waals surface area (Å²) in [6, 6.07) is 11.6. The molecule has 0 saturated heterocycles. The van der Waals surface area contributed by atoms with Gasteiger partial charge in [0.15, 0.2) is 0 Å². The Morgan fingerprint density at radius 3 is 2.59 bits per heavy atom. The standard InChI is InChI=1S/C14H14FNO/c1-10(2)13-7-4-8-14(16-13)17-12-6-3-5-11(15)9-12/h3-10H,1-2H3. The number of pyridine rings is 1. The van der Waals surface area contributed by atoms with Crippen molar-refractivity contribution in [2.45, 2.75) is 19.8 Å². The maximum Gasteiger partial charge on any atom is 0.219 e. The van der Waals surface area contributed by atoms with Gasteiger partial charge in [0, 0.05) is 17.8 Å². The Labute approximate surface area is 100 Å². The minimum Gasteiger partial charge on any atom is -0.439 e. The molecule has 0 radical (unpaired) electrons. The van der Waals surface area contributed by atoms with Crippen molar-refractivity contribution in [2.24, 2.45) is 0 Å². The van der Waals surface area contributed by atoms with Crippen molar-refractivity contribution in [1.29, 1.82) is 0 Å². The van der Waals surface area contributed by atoms with Crippen LogP contribution < -0.4 is 4.74 Å². The Bertz CT molecular complexity index is 511. The van der Waals surface area contributed by atoms with E-state index in [2.05, 4.69) is 18.8 Å². The number of benzene rings is 1. The topological polar surface area (TPSA) is 22.1 Å². The molecule has 2 nitrogen and oxygen atoms in total. The molecule has 0 atom stereocenters. The molecule has 1 aromatic heterocycles. The van der Waals surface area contributed by atoms with Gasteiger partial charge in [-0.3, -0.25) is 0 Å². The molecule has 0 N–H and O–H groups in total. The van der Waals surface area contributed by atoms with Crippen molar-refractivity contribution in [1.82, 2.24) is 4.98 Å². The molecule has 0 saturated carbocycles. The van der Waals surface area contributed by atoms with Crippen LogP contribution in [0.1, 0.15) is 25.5 Å². The number of aromatic nitrogens is 1. The fraction of sp³-hybridized carbons (Fsp3) is 0.214. The van der Waals surface area contributed by atoms with Gasteiger partial charge in [-0.15, -0.1) is 0 Å². The fourth-order valence-corrected chi connectivity index (χ4v) is 1.46. The first-order valence-corrected chi connectivity index (χ1v) is 5.55. The summed E-state index contributed by atoms with van der Waals surface area (Å²) in [7, 11) is 0. The van der Waals surface area contributed by atoms with Crippen LogP contribution in [0.3, 0.4) is 0 Å². The Morgan fingerprint density at radius 2 is 1.88 bits per heavy atom. The van der Waals surface area contributed by atoms with Gasteiger partial charge in [-0.1, -0.05) is 26.0 Å². The van der Waals surface area contributed by atoms with Gasteiger partial charge in [0.1, 0.15) is 11.6 Å². The summed E-state index contributed by atoms with van der Waals surface area (Å²) < 4.78 is 18.5. The van der Waals surface area contributed by atoms with Crippen molar-refractivity contribution in [2.75, 3.05) is 0 Å². The van der Waals surface area contributed by atoms with Gasteiger partial charge in [-0.2, -0.15) is 0 Å². The lowest BCUT2D eigenvalue weighted by Crippen LogP contribution is -1.95. The summed E-state index contributed by atoms with van der Waals surface area (Å²) >= 11 is 0. The number of nitrogens with zero attached hydrogens (tertiary/aromatic N) is 1. The van der Waals surface area contributed by atoms with Crippen LogP contribution in [0.2, 0.25) is 0 Å². The van der Waals surface area contributed by atoms with Crippen LogP contribution in [0.5, 0.6) is 11.6 Å². The second-order valence-corrected chi connectivity index (χ2v) is 4.11. The number of hydrogen-bond acceptors (Lipinski definition) is 2. The molecule has 0 fully saturated rings. The molecule has 0 spiro atoms. The van der Waals surface area contributed by atoms with E-state index in [0.717, 1.165) is 5.69 Å². The minimum atomic E-state index is -0.317. The van der Waals surface area contributed by atoms with Crippen molar-refractivity contribution in [3.63, 3.8) is 0 Å². The van der Waals surface area contributed by atoms with Crippen molar-refractivity contribution < 1.29 is 9.13 Å².